The zero-order valence-electron chi connectivity index (χ0n) is 12.6. The van der Waals surface area contributed by atoms with Crippen LogP contribution in [0.15, 0.2) is 24.3 Å². The van der Waals surface area contributed by atoms with Gasteiger partial charge in [-0.2, -0.15) is 13.2 Å². The molecule has 126 valence electrons. The van der Waals surface area contributed by atoms with E-state index in [4.69, 9.17) is 9.84 Å². The molecule has 1 aromatic rings. The van der Waals surface area contributed by atoms with E-state index in [1.54, 1.807) is 0 Å². The van der Waals surface area contributed by atoms with Crippen molar-refractivity contribution in [3.05, 3.63) is 35.4 Å². The van der Waals surface area contributed by atoms with E-state index in [-0.39, 0.29) is 11.3 Å². The van der Waals surface area contributed by atoms with Gasteiger partial charge in [-0.3, -0.25) is 0 Å². The molecule has 0 amide bonds. The largest absolute Gasteiger partial charge is 0.493 e. The van der Waals surface area contributed by atoms with E-state index < -0.39 is 17.7 Å². The van der Waals surface area contributed by atoms with Gasteiger partial charge in [0.25, 0.3) is 0 Å². The van der Waals surface area contributed by atoms with Crippen LogP contribution < -0.4 is 4.74 Å². The van der Waals surface area contributed by atoms with Gasteiger partial charge in [-0.1, -0.05) is 25.3 Å². The monoisotopic (exact) mass is 328 g/mol. The predicted octanol–water partition coefficient (Wildman–Crippen LogP) is 4.76. The Bertz CT molecular complexity index is 573. The molecule has 0 atom stereocenters. The van der Waals surface area contributed by atoms with Gasteiger partial charge in [-0.25, -0.2) is 4.79 Å². The minimum atomic E-state index is -4.57. The fourth-order valence-corrected chi connectivity index (χ4v) is 2.74. The zero-order valence-corrected chi connectivity index (χ0v) is 12.6. The molecular formula is C17H19F3O3. The first-order chi connectivity index (χ1) is 10.9. The first kappa shape index (κ1) is 17.4. The molecule has 6 heteroatoms. The third-order valence-corrected chi connectivity index (χ3v) is 3.95. The predicted molar refractivity (Wildman–Crippen MR) is 80.2 cm³/mol. The van der Waals surface area contributed by atoms with Gasteiger partial charge in [-0.15, -0.1) is 0 Å². The second-order valence-corrected chi connectivity index (χ2v) is 5.73. The summed E-state index contributed by atoms with van der Waals surface area (Å²) in [6.07, 6.45) is 2.64. The average molecular weight is 328 g/mol. The lowest BCUT2D eigenvalue weighted by Gasteiger charge is -2.22. The molecule has 23 heavy (non-hydrogen) atoms. The normalized spacial score (nSPS) is 16.7. The Morgan fingerprint density at radius 3 is 2.57 bits per heavy atom. The molecule has 3 nitrogen and oxygen atoms in total. The summed E-state index contributed by atoms with van der Waals surface area (Å²) >= 11 is 0. The summed E-state index contributed by atoms with van der Waals surface area (Å²) < 4.78 is 44.9. The summed E-state index contributed by atoms with van der Waals surface area (Å²) in [4.78, 5) is 10.5. The minimum Gasteiger partial charge on any atom is -0.493 e. The maximum absolute atomic E-state index is 13.1. The third-order valence-electron chi connectivity index (χ3n) is 3.95. The molecule has 0 saturated heterocycles. The van der Waals surface area contributed by atoms with E-state index in [9.17, 15) is 18.0 Å². The summed E-state index contributed by atoms with van der Waals surface area (Å²) in [7, 11) is 0. The SMILES string of the molecule is O=C(O)/C=C/c1ccc(OCC2CCCCC2)cc1C(F)(F)F. The lowest BCUT2D eigenvalue weighted by atomic mass is 9.90. The van der Waals surface area contributed by atoms with Crippen molar-refractivity contribution < 1.29 is 27.8 Å². The Labute approximate surface area is 132 Å². The van der Waals surface area contributed by atoms with Crippen LogP contribution in [0.5, 0.6) is 5.75 Å². The van der Waals surface area contributed by atoms with Gasteiger partial charge in [0.15, 0.2) is 0 Å². The Morgan fingerprint density at radius 2 is 1.96 bits per heavy atom. The quantitative estimate of drug-likeness (QED) is 0.793. The summed E-state index contributed by atoms with van der Waals surface area (Å²) in [6, 6.07) is 3.61. The smallest absolute Gasteiger partial charge is 0.417 e. The number of aliphatic carboxylic acids is 1. The lowest BCUT2D eigenvalue weighted by Crippen LogP contribution is -2.15. The fraction of sp³-hybridized carbons (Fsp3) is 0.471. The van der Waals surface area contributed by atoms with Crippen LogP contribution in [0.1, 0.15) is 43.2 Å². The molecule has 2 rings (SSSR count). The molecule has 1 N–H and O–H groups in total. The Morgan fingerprint density at radius 1 is 1.26 bits per heavy atom. The summed E-state index contributed by atoms with van der Waals surface area (Å²) in [5.74, 6) is -0.740. The highest BCUT2D eigenvalue weighted by Crippen LogP contribution is 2.35. The number of carboxylic acid groups (broad SMARTS) is 1. The van der Waals surface area contributed by atoms with Crippen LogP contribution in [-0.2, 0) is 11.0 Å². The van der Waals surface area contributed by atoms with Crippen molar-refractivity contribution in [2.45, 2.75) is 38.3 Å². The number of hydrogen-bond acceptors (Lipinski definition) is 2. The van der Waals surface area contributed by atoms with E-state index in [0.29, 0.717) is 18.6 Å². The highest BCUT2D eigenvalue weighted by atomic mass is 19.4. The van der Waals surface area contributed by atoms with Crippen molar-refractivity contribution in [3.8, 4) is 5.75 Å². The van der Waals surface area contributed by atoms with Crippen molar-refractivity contribution in [1.82, 2.24) is 0 Å². The topological polar surface area (TPSA) is 46.5 Å². The fourth-order valence-electron chi connectivity index (χ4n) is 2.74. The molecule has 1 aliphatic rings. The van der Waals surface area contributed by atoms with Crippen LogP contribution >= 0.6 is 0 Å². The number of alkyl halides is 3. The highest BCUT2D eigenvalue weighted by molar-refractivity contribution is 5.85. The Balaban J connectivity index is 2.13. The molecule has 0 heterocycles. The maximum atomic E-state index is 13.1. The summed E-state index contributed by atoms with van der Waals surface area (Å²) in [5, 5.41) is 8.56. The first-order valence-corrected chi connectivity index (χ1v) is 7.61. The highest BCUT2D eigenvalue weighted by Gasteiger charge is 2.33. The molecular weight excluding hydrogens is 309 g/mol. The van der Waals surface area contributed by atoms with Gasteiger partial charge >= 0.3 is 12.1 Å². The van der Waals surface area contributed by atoms with Crippen molar-refractivity contribution in [3.63, 3.8) is 0 Å². The van der Waals surface area contributed by atoms with Gasteiger partial charge in [0.05, 0.1) is 12.2 Å². The van der Waals surface area contributed by atoms with Crippen LogP contribution in [0.4, 0.5) is 13.2 Å². The molecule has 0 aromatic heterocycles. The molecule has 1 aromatic carbocycles. The van der Waals surface area contributed by atoms with Crippen LogP contribution in [-0.4, -0.2) is 17.7 Å². The second-order valence-electron chi connectivity index (χ2n) is 5.73. The van der Waals surface area contributed by atoms with Crippen molar-refractivity contribution in [2.75, 3.05) is 6.61 Å². The molecule has 1 fully saturated rings. The zero-order chi connectivity index (χ0) is 16.9. The molecule has 0 unspecified atom stereocenters. The molecule has 0 radical (unpaired) electrons. The number of halogens is 3. The maximum Gasteiger partial charge on any atom is 0.417 e. The minimum absolute atomic E-state index is 0.162. The van der Waals surface area contributed by atoms with Crippen molar-refractivity contribution >= 4 is 12.0 Å². The third kappa shape index (κ3) is 5.30. The molecule has 0 bridgehead atoms. The second kappa shape index (κ2) is 7.53. The average Bonchev–Trinajstić information content (AvgIpc) is 2.51. The lowest BCUT2D eigenvalue weighted by molar-refractivity contribution is -0.138. The summed E-state index contributed by atoms with van der Waals surface area (Å²) in [5.41, 5.74) is -1.08. The number of carbonyl (C=O) groups is 1. The van der Waals surface area contributed by atoms with E-state index in [2.05, 4.69) is 0 Å². The van der Waals surface area contributed by atoms with Gasteiger partial charge in [0.1, 0.15) is 5.75 Å². The molecule has 0 spiro atoms. The molecule has 1 saturated carbocycles. The molecule has 0 aliphatic heterocycles. The number of carboxylic acids is 1. The Hall–Kier alpha value is -1.98. The molecule has 1 aliphatic carbocycles. The first-order valence-electron chi connectivity index (χ1n) is 7.61. The Kier molecular flexibility index (Phi) is 5.69. The van der Waals surface area contributed by atoms with Crippen LogP contribution in [0, 0.1) is 5.92 Å². The standard InChI is InChI=1S/C17H19F3O3/c18-17(19,20)15-10-14(8-6-13(15)7-9-16(21)22)23-11-12-4-2-1-3-5-12/h6-10,12H,1-5,11H2,(H,21,22)/b9-7+. The van der Waals surface area contributed by atoms with Gasteiger partial charge in [0.2, 0.25) is 0 Å². The van der Waals surface area contributed by atoms with E-state index in [1.165, 1.54) is 18.6 Å². The summed E-state index contributed by atoms with van der Waals surface area (Å²) in [6.45, 7) is 0.418. The number of ether oxygens (including phenoxy) is 1. The van der Waals surface area contributed by atoms with Crippen molar-refractivity contribution in [2.24, 2.45) is 5.92 Å². The number of rotatable bonds is 5. The van der Waals surface area contributed by atoms with Crippen LogP contribution in [0.2, 0.25) is 0 Å². The van der Waals surface area contributed by atoms with E-state index >= 15 is 0 Å². The van der Waals surface area contributed by atoms with Gasteiger partial charge in [-0.05, 0) is 42.5 Å². The number of benzene rings is 1. The number of hydrogen-bond donors (Lipinski definition) is 1. The van der Waals surface area contributed by atoms with Gasteiger partial charge in [0, 0.05) is 6.08 Å². The van der Waals surface area contributed by atoms with Crippen LogP contribution in [0.3, 0.4) is 0 Å². The van der Waals surface area contributed by atoms with Crippen LogP contribution in [0.25, 0.3) is 6.08 Å². The van der Waals surface area contributed by atoms with E-state index in [0.717, 1.165) is 37.8 Å². The van der Waals surface area contributed by atoms with Crippen molar-refractivity contribution in [1.29, 1.82) is 0 Å². The van der Waals surface area contributed by atoms with Gasteiger partial charge < -0.3 is 9.84 Å². The van der Waals surface area contributed by atoms with E-state index in [1.807, 2.05) is 0 Å².